The quantitative estimate of drug-likeness (QED) is 0.266. The summed E-state index contributed by atoms with van der Waals surface area (Å²) in [5.41, 5.74) is 0. The second kappa shape index (κ2) is 5.93. The minimum Gasteiger partial charge on any atom is -0.388 e. The van der Waals surface area contributed by atoms with Gasteiger partial charge in [-0.2, -0.15) is 0 Å². The third-order valence-electron chi connectivity index (χ3n) is 2.50. The summed E-state index contributed by atoms with van der Waals surface area (Å²) < 4.78 is 5.89. The lowest BCUT2D eigenvalue weighted by atomic mass is 10.1. The summed E-state index contributed by atoms with van der Waals surface area (Å²) in [5, 5.41) is 40.2. The minimum absolute atomic E-state index is 0.450. The molecule has 19 heavy (non-hydrogen) atoms. The van der Waals surface area contributed by atoms with Crippen molar-refractivity contribution in [3.63, 3.8) is 0 Å². The number of ether oxygens (including phenoxy) is 2. The molecule has 12 heteroatoms. The van der Waals surface area contributed by atoms with E-state index in [1.165, 1.54) is 0 Å². The number of nitrogens with zero attached hydrogens (tertiary/aromatic N) is 2. The molecule has 0 bridgehead atoms. The van der Waals surface area contributed by atoms with Crippen LogP contribution in [0.2, 0.25) is 0 Å². The smallest absolute Gasteiger partial charge is 0.327 e. The molecule has 1 aliphatic heterocycles. The molecule has 0 aromatic rings. The maximum Gasteiger partial charge on any atom is 0.327 e. The number of rotatable bonds is 5. The first-order chi connectivity index (χ1) is 8.67. The van der Waals surface area contributed by atoms with Crippen molar-refractivity contribution in [1.82, 2.24) is 0 Å². The van der Waals surface area contributed by atoms with E-state index in [-0.39, 0.29) is 0 Å². The highest BCUT2D eigenvalue weighted by Gasteiger charge is 2.56. The van der Waals surface area contributed by atoms with Crippen LogP contribution < -0.4 is 0 Å². The molecule has 0 radical (unpaired) electrons. The lowest BCUT2D eigenvalue weighted by Gasteiger charge is -2.34. The van der Waals surface area contributed by atoms with Crippen LogP contribution in [-0.2, 0) is 9.47 Å². The van der Waals surface area contributed by atoms with Crippen LogP contribution in [0.25, 0.3) is 0 Å². The fraction of sp³-hybridized carbons (Fsp3) is 1.00. The van der Waals surface area contributed by atoms with Crippen molar-refractivity contribution in [3.8, 4) is 0 Å². The summed E-state index contributed by atoms with van der Waals surface area (Å²) in [6, 6.07) is 0. The van der Waals surface area contributed by atoms with Gasteiger partial charge in [-0.3, -0.25) is 20.2 Å². The van der Waals surface area contributed by atoms with Gasteiger partial charge in [0.25, 0.3) is 0 Å². The minimum atomic E-state index is -2.27. The lowest BCUT2D eigenvalue weighted by Crippen LogP contribution is -2.58. The van der Waals surface area contributed by atoms with E-state index in [1.54, 1.807) is 0 Å². The summed E-state index contributed by atoms with van der Waals surface area (Å²) in [4.78, 5) is 19.9. The average Bonchev–Trinajstić information content (AvgIpc) is 2.37. The second-order valence-corrected chi connectivity index (χ2v) is 6.69. The van der Waals surface area contributed by atoms with E-state index in [1.807, 2.05) is 0 Å². The van der Waals surface area contributed by atoms with Crippen molar-refractivity contribution in [1.29, 1.82) is 0 Å². The normalized spacial score (nSPS) is 32.3. The number of nitro groups is 2. The predicted octanol–water partition coefficient (Wildman–Crippen LogP) is -0.552. The molecule has 110 valence electrons. The van der Waals surface area contributed by atoms with Crippen molar-refractivity contribution in [2.75, 3.05) is 19.8 Å². The molecule has 0 aromatic carbocycles. The van der Waals surface area contributed by atoms with E-state index in [0.717, 1.165) is 0 Å². The number of aliphatic hydroxyl groups excluding tert-OH is 2. The van der Waals surface area contributed by atoms with Crippen LogP contribution in [0, 0.1) is 20.2 Å². The zero-order valence-electron chi connectivity index (χ0n) is 9.27. The van der Waals surface area contributed by atoms with Gasteiger partial charge >= 0.3 is 8.90 Å². The van der Waals surface area contributed by atoms with Gasteiger partial charge in [0.1, 0.15) is 19.8 Å². The molecule has 1 aliphatic rings. The largest absolute Gasteiger partial charge is 0.388 e. The maximum atomic E-state index is 10.8. The van der Waals surface area contributed by atoms with Crippen LogP contribution in [0.3, 0.4) is 0 Å². The van der Waals surface area contributed by atoms with Crippen molar-refractivity contribution < 1.29 is 29.5 Å². The molecule has 1 fully saturated rings. The molecule has 1 rings (SSSR count). The van der Waals surface area contributed by atoms with Crippen molar-refractivity contribution >= 4 is 31.9 Å². The highest BCUT2D eigenvalue weighted by molar-refractivity contribution is 9.10. The van der Waals surface area contributed by atoms with Gasteiger partial charge in [0.2, 0.25) is 0 Å². The van der Waals surface area contributed by atoms with Crippen LogP contribution in [0.5, 0.6) is 0 Å². The van der Waals surface area contributed by atoms with Crippen molar-refractivity contribution in [2.45, 2.75) is 21.3 Å². The molecule has 10 nitrogen and oxygen atoms in total. The maximum absolute atomic E-state index is 10.8. The van der Waals surface area contributed by atoms with Gasteiger partial charge in [-0.25, -0.2) is 0 Å². The Kier molecular flexibility index (Phi) is 5.20. The molecule has 0 aromatic heterocycles. The Hall–Kier alpha value is -0.400. The molecular formula is C7H10Br2N2O8. The first-order valence-electron chi connectivity index (χ1n) is 4.86. The van der Waals surface area contributed by atoms with E-state index >= 15 is 0 Å². The highest BCUT2D eigenvalue weighted by atomic mass is 79.9. The van der Waals surface area contributed by atoms with Gasteiger partial charge in [-0.1, -0.05) is 0 Å². The second-order valence-electron chi connectivity index (χ2n) is 3.84. The Morgan fingerprint density at radius 1 is 1.42 bits per heavy atom. The summed E-state index contributed by atoms with van der Waals surface area (Å²) in [6.07, 6.45) is -3.32. The summed E-state index contributed by atoms with van der Waals surface area (Å²) in [6.45, 7) is -1.92. The molecule has 0 spiro atoms. The third-order valence-corrected chi connectivity index (χ3v) is 4.26. The third kappa shape index (κ3) is 3.20. The molecule has 2 atom stereocenters. The van der Waals surface area contributed by atoms with Gasteiger partial charge in [-0.15, -0.1) is 0 Å². The number of aliphatic hydroxyl groups is 2. The van der Waals surface area contributed by atoms with Gasteiger partial charge in [-0.05, 0) is 0 Å². The predicted molar refractivity (Wildman–Crippen MR) is 66.1 cm³/mol. The number of hydrogen-bond acceptors (Lipinski definition) is 8. The standard InChI is InChI=1S/C7H10Br2N2O8/c8-6(10(14)15)2-18-5(19-3-6)4(13)7(9,1-12)11(16)17/h4-5,12-13H,1-3H2. The van der Waals surface area contributed by atoms with Crippen LogP contribution >= 0.6 is 31.9 Å². The number of halogens is 2. The van der Waals surface area contributed by atoms with E-state index in [2.05, 4.69) is 31.9 Å². The van der Waals surface area contributed by atoms with Crippen molar-refractivity contribution in [2.24, 2.45) is 0 Å². The molecular weight excluding hydrogens is 400 g/mol. The molecule has 2 N–H and O–H groups in total. The van der Waals surface area contributed by atoms with E-state index < -0.39 is 51.0 Å². The molecule has 0 aliphatic carbocycles. The zero-order valence-corrected chi connectivity index (χ0v) is 12.4. The Balaban J connectivity index is 2.75. The topological polar surface area (TPSA) is 145 Å². The molecule has 0 saturated carbocycles. The Labute approximate surface area is 123 Å². The van der Waals surface area contributed by atoms with Gasteiger partial charge < -0.3 is 19.7 Å². The van der Waals surface area contributed by atoms with Crippen LogP contribution in [-0.4, -0.2) is 61.2 Å². The summed E-state index contributed by atoms with van der Waals surface area (Å²) in [7, 11) is 0. The lowest BCUT2D eigenvalue weighted by molar-refractivity contribution is -0.572. The van der Waals surface area contributed by atoms with Gasteiger partial charge in [0, 0.05) is 41.7 Å². The number of hydrogen-bond donors (Lipinski definition) is 2. The molecule has 1 saturated heterocycles. The SMILES string of the molecule is O=[N+]([O-])C1(Br)COC(C(O)C(Br)(CO)[N+](=O)[O-])OC1. The number of alkyl halides is 2. The van der Waals surface area contributed by atoms with Crippen molar-refractivity contribution in [3.05, 3.63) is 20.2 Å². The van der Waals surface area contributed by atoms with Crippen LogP contribution in [0.1, 0.15) is 0 Å². The Morgan fingerprint density at radius 3 is 2.21 bits per heavy atom. The summed E-state index contributed by atoms with van der Waals surface area (Å²) >= 11 is 5.41. The van der Waals surface area contributed by atoms with Gasteiger partial charge in [0.05, 0.1) is 0 Å². The Bertz CT molecular complexity index is 374. The first kappa shape index (κ1) is 16.7. The van der Waals surface area contributed by atoms with E-state index in [9.17, 15) is 25.3 Å². The zero-order chi connectivity index (χ0) is 14.8. The van der Waals surface area contributed by atoms with Crippen LogP contribution in [0.15, 0.2) is 0 Å². The van der Waals surface area contributed by atoms with E-state index in [0.29, 0.717) is 0 Å². The summed E-state index contributed by atoms with van der Waals surface area (Å²) in [5.74, 6) is 0. The fourth-order valence-corrected chi connectivity index (χ4v) is 1.75. The first-order valence-corrected chi connectivity index (χ1v) is 6.45. The van der Waals surface area contributed by atoms with Crippen LogP contribution in [0.4, 0.5) is 0 Å². The fourth-order valence-electron chi connectivity index (χ4n) is 1.26. The van der Waals surface area contributed by atoms with Gasteiger partial charge in [0.15, 0.2) is 12.4 Å². The molecule has 0 amide bonds. The molecule has 2 unspecified atom stereocenters. The monoisotopic (exact) mass is 408 g/mol. The average molecular weight is 410 g/mol. The molecule has 1 heterocycles. The van der Waals surface area contributed by atoms with E-state index in [4.69, 9.17) is 14.6 Å². The highest BCUT2D eigenvalue weighted by Crippen LogP contribution is 2.32. The Morgan fingerprint density at radius 2 is 1.89 bits per heavy atom.